The van der Waals surface area contributed by atoms with Crippen LogP contribution in [0.3, 0.4) is 0 Å². The van der Waals surface area contributed by atoms with Crippen molar-refractivity contribution in [1.29, 1.82) is 0 Å². The van der Waals surface area contributed by atoms with Crippen LogP contribution in [0.2, 0.25) is 0 Å². The Morgan fingerprint density at radius 3 is 2.64 bits per heavy atom. The van der Waals surface area contributed by atoms with Crippen molar-refractivity contribution in [3.63, 3.8) is 0 Å². The molecule has 0 radical (unpaired) electrons. The highest BCUT2D eigenvalue weighted by Crippen LogP contribution is 2.25. The molecule has 0 aliphatic heterocycles. The van der Waals surface area contributed by atoms with Crippen molar-refractivity contribution in [2.45, 2.75) is 32.2 Å². The van der Waals surface area contributed by atoms with Gasteiger partial charge in [0.25, 0.3) is 0 Å². The number of hydrogen-bond donors (Lipinski definition) is 1. The molecule has 2 unspecified atom stereocenters. The van der Waals surface area contributed by atoms with Crippen LogP contribution >= 0.6 is 15.9 Å². The van der Waals surface area contributed by atoms with Crippen LogP contribution in [-0.4, -0.2) is 6.04 Å². The normalized spacial score (nSPS) is 15.2. The van der Waals surface area contributed by atoms with Gasteiger partial charge < -0.3 is 5.73 Å². The van der Waals surface area contributed by atoms with E-state index in [-0.39, 0.29) is 17.8 Å². The van der Waals surface area contributed by atoms with Gasteiger partial charge in [-0.3, -0.25) is 0 Å². The van der Waals surface area contributed by atoms with Gasteiger partial charge in [0, 0.05) is 10.5 Å². The average Bonchev–Trinajstić information content (AvgIpc) is 2.15. The highest BCUT2D eigenvalue weighted by atomic mass is 79.9. The lowest BCUT2D eigenvalue weighted by Gasteiger charge is -2.19. The second-order valence-corrected chi connectivity index (χ2v) is 4.44. The van der Waals surface area contributed by atoms with Crippen molar-refractivity contribution in [3.05, 3.63) is 34.1 Å². The maximum absolute atomic E-state index is 13.5. The zero-order valence-electron chi connectivity index (χ0n) is 8.43. The van der Waals surface area contributed by atoms with Crippen LogP contribution in [0, 0.1) is 5.82 Å². The van der Waals surface area contributed by atoms with Gasteiger partial charge in [0.15, 0.2) is 0 Å². The van der Waals surface area contributed by atoms with Crippen LogP contribution < -0.4 is 5.73 Å². The molecule has 1 nitrogen and oxygen atoms in total. The Balaban J connectivity index is 2.95. The van der Waals surface area contributed by atoms with E-state index in [0.29, 0.717) is 5.56 Å². The predicted molar refractivity (Wildman–Crippen MR) is 60.8 cm³/mol. The van der Waals surface area contributed by atoms with Gasteiger partial charge in [-0.15, -0.1) is 0 Å². The van der Waals surface area contributed by atoms with Crippen molar-refractivity contribution in [1.82, 2.24) is 0 Å². The molecule has 0 aliphatic carbocycles. The van der Waals surface area contributed by atoms with Crippen LogP contribution in [0.4, 0.5) is 4.39 Å². The molecule has 1 aromatic carbocycles. The first kappa shape index (κ1) is 11.7. The molecule has 0 bridgehead atoms. The first-order chi connectivity index (χ1) is 6.56. The number of halogens is 2. The third-order valence-electron chi connectivity index (χ3n) is 2.57. The van der Waals surface area contributed by atoms with E-state index in [9.17, 15) is 4.39 Å². The highest BCUT2D eigenvalue weighted by Gasteiger charge is 2.16. The lowest BCUT2D eigenvalue weighted by Crippen LogP contribution is -2.26. The molecule has 1 rings (SSSR count). The van der Waals surface area contributed by atoms with Gasteiger partial charge in [0.2, 0.25) is 0 Å². The summed E-state index contributed by atoms with van der Waals surface area (Å²) in [6.45, 7) is 3.97. The van der Waals surface area contributed by atoms with Gasteiger partial charge in [-0.2, -0.15) is 0 Å². The number of hydrogen-bond acceptors (Lipinski definition) is 1. The molecule has 14 heavy (non-hydrogen) atoms. The van der Waals surface area contributed by atoms with Gasteiger partial charge in [0.1, 0.15) is 5.82 Å². The Hall–Kier alpha value is -0.410. The fraction of sp³-hybridized carbons (Fsp3) is 0.455. The molecule has 0 spiro atoms. The predicted octanol–water partition coefficient (Wildman–Crippen LogP) is 3.43. The molecule has 2 atom stereocenters. The Morgan fingerprint density at radius 2 is 2.14 bits per heavy atom. The van der Waals surface area contributed by atoms with Gasteiger partial charge in [0.05, 0.1) is 0 Å². The van der Waals surface area contributed by atoms with E-state index in [0.717, 1.165) is 10.9 Å². The van der Waals surface area contributed by atoms with E-state index in [1.54, 1.807) is 6.07 Å². The third kappa shape index (κ3) is 2.55. The SMILES string of the molecule is CCC(N)C(C)c1ccc(Br)cc1F. The molecule has 0 heterocycles. The molecule has 0 aromatic heterocycles. The Morgan fingerprint density at radius 1 is 1.50 bits per heavy atom. The summed E-state index contributed by atoms with van der Waals surface area (Å²) in [6.07, 6.45) is 0.858. The summed E-state index contributed by atoms with van der Waals surface area (Å²) in [5, 5.41) is 0. The van der Waals surface area contributed by atoms with Crippen molar-refractivity contribution in [2.75, 3.05) is 0 Å². The minimum Gasteiger partial charge on any atom is -0.327 e. The minimum absolute atomic E-state index is 0.0191. The third-order valence-corrected chi connectivity index (χ3v) is 3.06. The summed E-state index contributed by atoms with van der Waals surface area (Å²) < 4.78 is 14.3. The van der Waals surface area contributed by atoms with Gasteiger partial charge in [-0.25, -0.2) is 4.39 Å². The maximum Gasteiger partial charge on any atom is 0.127 e. The first-order valence-electron chi connectivity index (χ1n) is 4.76. The molecular formula is C11H15BrFN. The van der Waals surface area contributed by atoms with E-state index in [4.69, 9.17) is 5.73 Å². The first-order valence-corrected chi connectivity index (χ1v) is 5.56. The molecule has 0 amide bonds. The van der Waals surface area contributed by atoms with E-state index in [1.165, 1.54) is 6.07 Å². The minimum atomic E-state index is -0.184. The molecule has 2 N–H and O–H groups in total. The molecular weight excluding hydrogens is 245 g/mol. The van der Waals surface area contributed by atoms with Crippen LogP contribution in [0.5, 0.6) is 0 Å². The zero-order chi connectivity index (χ0) is 10.7. The summed E-state index contributed by atoms with van der Waals surface area (Å²) in [7, 11) is 0. The topological polar surface area (TPSA) is 26.0 Å². The average molecular weight is 260 g/mol. The fourth-order valence-electron chi connectivity index (χ4n) is 1.45. The zero-order valence-corrected chi connectivity index (χ0v) is 10.0. The van der Waals surface area contributed by atoms with Crippen LogP contribution in [-0.2, 0) is 0 Å². The van der Waals surface area contributed by atoms with E-state index in [2.05, 4.69) is 15.9 Å². The Kier molecular flexibility index (Phi) is 4.08. The molecule has 1 aromatic rings. The summed E-state index contributed by atoms with van der Waals surface area (Å²) >= 11 is 3.23. The Labute approximate surface area is 92.6 Å². The van der Waals surface area contributed by atoms with Crippen LogP contribution in [0.1, 0.15) is 31.7 Å². The molecule has 0 aliphatic rings. The standard InChI is InChI=1S/C11H15BrFN/c1-3-11(14)7(2)9-5-4-8(12)6-10(9)13/h4-7,11H,3,14H2,1-2H3. The van der Waals surface area contributed by atoms with Gasteiger partial charge in [-0.05, 0) is 30.0 Å². The lowest BCUT2D eigenvalue weighted by atomic mass is 9.92. The van der Waals surface area contributed by atoms with Gasteiger partial charge >= 0.3 is 0 Å². The molecule has 0 saturated carbocycles. The van der Waals surface area contributed by atoms with E-state index >= 15 is 0 Å². The molecule has 0 saturated heterocycles. The molecule has 0 fully saturated rings. The summed E-state index contributed by atoms with van der Waals surface area (Å²) in [5.74, 6) is -0.121. The summed E-state index contributed by atoms with van der Waals surface area (Å²) in [6, 6.07) is 5.14. The van der Waals surface area contributed by atoms with Crippen LogP contribution in [0.25, 0.3) is 0 Å². The summed E-state index contributed by atoms with van der Waals surface area (Å²) in [5.41, 5.74) is 6.57. The van der Waals surface area contributed by atoms with E-state index < -0.39 is 0 Å². The molecule has 3 heteroatoms. The number of benzene rings is 1. The number of nitrogens with two attached hydrogens (primary N) is 1. The largest absolute Gasteiger partial charge is 0.327 e. The van der Waals surface area contributed by atoms with Crippen molar-refractivity contribution < 1.29 is 4.39 Å². The van der Waals surface area contributed by atoms with Crippen molar-refractivity contribution >= 4 is 15.9 Å². The molecule has 78 valence electrons. The van der Waals surface area contributed by atoms with Crippen LogP contribution in [0.15, 0.2) is 22.7 Å². The van der Waals surface area contributed by atoms with Crippen molar-refractivity contribution in [3.8, 4) is 0 Å². The van der Waals surface area contributed by atoms with Gasteiger partial charge in [-0.1, -0.05) is 35.8 Å². The summed E-state index contributed by atoms with van der Waals surface area (Å²) in [4.78, 5) is 0. The Bertz CT molecular complexity index is 314. The monoisotopic (exact) mass is 259 g/mol. The maximum atomic E-state index is 13.5. The number of rotatable bonds is 3. The van der Waals surface area contributed by atoms with Crippen molar-refractivity contribution in [2.24, 2.45) is 5.73 Å². The quantitative estimate of drug-likeness (QED) is 0.885. The lowest BCUT2D eigenvalue weighted by molar-refractivity contribution is 0.516. The second-order valence-electron chi connectivity index (χ2n) is 3.53. The second kappa shape index (κ2) is 4.89. The highest BCUT2D eigenvalue weighted by molar-refractivity contribution is 9.10. The fourth-order valence-corrected chi connectivity index (χ4v) is 1.79. The smallest absolute Gasteiger partial charge is 0.127 e. The van der Waals surface area contributed by atoms with E-state index in [1.807, 2.05) is 19.9 Å².